The first-order valence-corrected chi connectivity index (χ1v) is 7.41. The van der Waals surface area contributed by atoms with E-state index in [-0.39, 0.29) is 11.4 Å². The van der Waals surface area contributed by atoms with Crippen LogP contribution in [-0.2, 0) is 14.3 Å². The lowest BCUT2D eigenvalue weighted by atomic mass is 9.49. The number of carbonyl (C=O) groups is 1. The fourth-order valence-corrected chi connectivity index (χ4v) is 5.40. The molecular weight excluding hydrogens is 240 g/mol. The molecule has 106 valence electrons. The van der Waals surface area contributed by atoms with Gasteiger partial charge < -0.3 is 9.47 Å². The highest BCUT2D eigenvalue weighted by Gasteiger charge is 2.54. The molecule has 0 radical (unpaired) electrons. The number of allylic oxidation sites excluding steroid dienone is 1. The molecule has 0 aliphatic heterocycles. The van der Waals surface area contributed by atoms with Gasteiger partial charge in [0.25, 0.3) is 0 Å². The Labute approximate surface area is 115 Å². The molecule has 0 unspecified atom stereocenters. The van der Waals surface area contributed by atoms with Crippen molar-refractivity contribution in [3.05, 3.63) is 11.3 Å². The van der Waals surface area contributed by atoms with Gasteiger partial charge in [0.2, 0.25) is 0 Å². The van der Waals surface area contributed by atoms with Crippen LogP contribution in [0.3, 0.4) is 0 Å². The molecule has 0 heterocycles. The maximum Gasteiger partial charge on any atom is 0.336 e. The van der Waals surface area contributed by atoms with Crippen molar-refractivity contribution in [2.45, 2.75) is 45.4 Å². The Morgan fingerprint density at radius 2 is 1.42 bits per heavy atom. The van der Waals surface area contributed by atoms with Crippen LogP contribution in [-0.4, -0.2) is 20.2 Å². The summed E-state index contributed by atoms with van der Waals surface area (Å²) in [6, 6.07) is 0. The second kappa shape index (κ2) is 4.53. The van der Waals surface area contributed by atoms with Gasteiger partial charge >= 0.3 is 5.97 Å². The smallest absolute Gasteiger partial charge is 0.336 e. The van der Waals surface area contributed by atoms with Gasteiger partial charge in [0, 0.05) is 5.41 Å². The predicted molar refractivity (Wildman–Crippen MR) is 72.3 cm³/mol. The predicted octanol–water partition coefficient (Wildman–Crippen LogP) is 3.30. The molecule has 4 aliphatic rings. The Kier molecular flexibility index (Phi) is 3.11. The van der Waals surface area contributed by atoms with E-state index in [0.717, 1.165) is 23.5 Å². The number of methoxy groups -OCH3 is 2. The molecule has 4 bridgehead atoms. The number of esters is 1. The first-order valence-electron chi connectivity index (χ1n) is 7.41. The van der Waals surface area contributed by atoms with Crippen LogP contribution in [0.4, 0.5) is 0 Å². The number of carbonyl (C=O) groups excluding carboxylic acids is 1. The summed E-state index contributed by atoms with van der Waals surface area (Å²) in [5.41, 5.74) is 0.800. The van der Waals surface area contributed by atoms with Crippen LogP contribution in [0.2, 0.25) is 0 Å². The normalized spacial score (nSPS) is 40.9. The first-order chi connectivity index (χ1) is 9.08. The van der Waals surface area contributed by atoms with Crippen molar-refractivity contribution in [3.8, 4) is 0 Å². The van der Waals surface area contributed by atoms with Crippen LogP contribution >= 0.6 is 0 Å². The minimum absolute atomic E-state index is 0.127. The Hall–Kier alpha value is -0.990. The summed E-state index contributed by atoms with van der Waals surface area (Å²) >= 11 is 0. The lowest BCUT2D eigenvalue weighted by molar-refractivity contribution is -0.136. The SMILES string of the molecule is COC(=O)C(C)=C(OC)C12CC3CC(CC(C3)C1)C2. The first kappa shape index (κ1) is 13.0. The third-order valence-electron chi connectivity index (χ3n) is 5.56. The second-order valence-electron chi connectivity index (χ2n) is 6.85. The fraction of sp³-hybridized carbons (Fsp3) is 0.812. The summed E-state index contributed by atoms with van der Waals surface area (Å²) in [7, 11) is 3.15. The van der Waals surface area contributed by atoms with Gasteiger partial charge in [-0.15, -0.1) is 0 Å². The minimum atomic E-state index is -0.243. The monoisotopic (exact) mass is 264 g/mol. The van der Waals surface area contributed by atoms with Crippen molar-refractivity contribution >= 4 is 5.97 Å². The molecule has 0 aromatic carbocycles. The molecule has 19 heavy (non-hydrogen) atoms. The highest BCUT2D eigenvalue weighted by atomic mass is 16.5. The average Bonchev–Trinajstić information content (AvgIpc) is 2.36. The second-order valence-corrected chi connectivity index (χ2v) is 6.85. The van der Waals surface area contributed by atoms with Crippen molar-refractivity contribution in [2.75, 3.05) is 14.2 Å². The van der Waals surface area contributed by atoms with E-state index < -0.39 is 0 Å². The third kappa shape index (κ3) is 1.98. The molecular formula is C16H24O3. The van der Waals surface area contributed by atoms with E-state index in [4.69, 9.17) is 9.47 Å². The number of rotatable bonds is 3. The average molecular weight is 264 g/mol. The molecule has 0 spiro atoms. The van der Waals surface area contributed by atoms with Crippen LogP contribution in [0.25, 0.3) is 0 Å². The van der Waals surface area contributed by atoms with E-state index in [0.29, 0.717) is 5.57 Å². The maximum atomic E-state index is 11.8. The van der Waals surface area contributed by atoms with E-state index in [1.54, 1.807) is 7.11 Å². The van der Waals surface area contributed by atoms with Gasteiger partial charge in [-0.1, -0.05) is 0 Å². The Morgan fingerprint density at radius 3 is 1.79 bits per heavy atom. The molecule has 0 aromatic heterocycles. The summed E-state index contributed by atoms with van der Waals surface area (Å²) in [6.07, 6.45) is 7.80. The van der Waals surface area contributed by atoms with Gasteiger partial charge in [-0.05, 0) is 63.2 Å². The van der Waals surface area contributed by atoms with Crippen molar-refractivity contribution in [2.24, 2.45) is 23.2 Å². The topological polar surface area (TPSA) is 35.5 Å². The molecule has 3 nitrogen and oxygen atoms in total. The summed E-state index contributed by atoms with van der Waals surface area (Å²) in [4.78, 5) is 11.8. The van der Waals surface area contributed by atoms with Gasteiger partial charge in [0.15, 0.2) is 0 Å². The zero-order chi connectivity index (χ0) is 13.6. The van der Waals surface area contributed by atoms with Crippen molar-refractivity contribution in [3.63, 3.8) is 0 Å². The van der Waals surface area contributed by atoms with Gasteiger partial charge in [-0.25, -0.2) is 4.79 Å². The van der Waals surface area contributed by atoms with Crippen LogP contribution in [0.15, 0.2) is 11.3 Å². The summed E-state index contributed by atoms with van der Waals surface area (Å²) in [5, 5.41) is 0. The standard InChI is InChI=1S/C16H24O3/c1-10(15(17)19-3)14(18-2)16-7-11-4-12(8-16)6-13(5-11)9-16/h11-13H,4-9H2,1-3H3. The molecule has 4 fully saturated rings. The van der Waals surface area contributed by atoms with Gasteiger partial charge in [0.1, 0.15) is 5.76 Å². The Balaban J connectivity index is 1.97. The zero-order valence-electron chi connectivity index (χ0n) is 12.2. The van der Waals surface area contributed by atoms with E-state index in [1.807, 2.05) is 6.92 Å². The quantitative estimate of drug-likeness (QED) is 0.446. The molecule has 0 saturated heterocycles. The number of hydrogen-bond acceptors (Lipinski definition) is 3. The molecule has 0 N–H and O–H groups in total. The van der Waals surface area contributed by atoms with Crippen LogP contribution < -0.4 is 0 Å². The van der Waals surface area contributed by atoms with Gasteiger partial charge in [-0.2, -0.15) is 0 Å². The van der Waals surface area contributed by atoms with Crippen LogP contribution in [0, 0.1) is 23.2 Å². The molecule has 4 rings (SSSR count). The third-order valence-corrected chi connectivity index (χ3v) is 5.56. The van der Waals surface area contributed by atoms with Crippen molar-refractivity contribution < 1.29 is 14.3 Å². The molecule has 3 heteroatoms. The van der Waals surface area contributed by atoms with E-state index in [9.17, 15) is 4.79 Å². The largest absolute Gasteiger partial charge is 0.500 e. The molecule has 4 saturated carbocycles. The fourth-order valence-electron chi connectivity index (χ4n) is 5.40. The van der Waals surface area contributed by atoms with E-state index >= 15 is 0 Å². The van der Waals surface area contributed by atoms with Crippen molar-refractivity contribution in [1.82, 2.24) is 0 Å². The molecule has 0 aromatic rings. The summed E-state index contributed by atoms with van der Waals surface area (Å²) < 4.78 is 10.6. The van der Waals surface area contributed by atoms with Crippen molar-refractivity contribution in [1.29, 1.82) is 0 Å². The zero-order valence-corrected chi connectivity index (χ0v) is 12.2. The van der Waals surface area contributed by atoms with Crippen LogP contribution in [0.5, 0.6) is 0 Å². The highest BCUT2D eigenvalue weighted by molar-refractivity contribution is 5.88. The molecule has 4 aliphatic carbocycles. The molecule has 0 atom stereocenters. The lowest BCUT2D eigenvalue weighted by Crippen LogP contribution is -2.47. The summed E-state index contributed by atoms with van der Waals surface area (Å²) in [6.45, 7) is 1.85. The Bertz CT molecular complexity index is 386. The molecule has 0 amide bonds. The van der Waals surface area contributed by atoms with E-state index in [2.05, 4.69) is 0 Å². The van der Waals surface area contributed by atoms with Gasteiger partial charge in [0.05, 0.1) is 19.8 Å². The van der Waals surface area contributed by atoms with E-state index in [1.165, 1.54) is 45.6 Å². The minimum Gasteiger partial charge on any atom is -0.500 e. The highest BCUT2D eigenvalue weighted by Crippen LogP contribution is 2.63. The number of ether oxygens (including phenoxy) is 2. The number of hydrogen-bond donors (Lipinski definition) is 0. The lowest BCUT2D eigenvalue weighted by Gasteiger charge is -2.57. The Morgan fingerprint density at radius 1 is 0.947 bits per heavy atom. The maximum absolute atomic E-state index is 11.8. The van der Waals surface area contributed by atoms with Crippen LogP contribution in [0.1, 0.15) is 45.4 Å². The van der Waals surface area contributed by atoms with Gasteiger partial charge in [-0.3, -0.25) is 0 Å². The summed E-state index contributed by atoms with van der Waals surface area (Å²) in [5.74, 6) is 3.22.